The summed E-state index contributed by atoms with van der Waals surface area (Å²) in [6.07, 6.45) is -2.21. The van der Waals surface area contributed by atoms with Crippen molar-refractivity contribution in [2.75, 3.05) is 19.0 Å². The van der Waals surface area contributed by atoms with Crippen molar-refractivity contribution in [2.45, 2.75) is 56.1 Å². The van der Waals surface area contributed by atoms with Gasteiger partial charge in [0.25, 0.3) is 0 Å². The van der Waals surface area contributed by atoms with Gasteiger partial charge in [0.05, 0.1) is 18.7 Å². The fourth-order valence-electron chi connectivity index (χ4n) is 2.90. The fourth-order valence-corrected chi connectivity index (χ4v) is 3.55. The third kappa shape index (κ3) is 6.34. The van der Waals surface area contributed by atoms with Crippen molar-refractivity contribution < 1.29 is 38.8 Å². The van der Waals surface area contributed by atoms with Crippen LogP contribution in [0.1, 0.15) is 27.2 Å². The third-order valence-electron chi connectivity index (χ3n) is 4.25. The lowest BCUT2D eigenvalue weighted by atomic mass is 10.1. The zero-order valence-corrected chi connectivity index (χ0v) is 17.2. The number of nitrogens with one attached hydrogen (secondary N) is 1. The van der Waals surface area contributed by atoms with Crippen LogP contribution in [0.15, 0.2) is 29.2 Å². The zero-order chi connectivity index (χ0) is 22.3. The number of carbonyl (C=O) groups excluding carboxylic acids is 1. The lowest BCUT2D eigenvalue weighted by Crippen LogP contribution is -2.47. The van der Waals surface area contributed by atoms with E-state index in [0.717, 1.165) is 12.1 Å². The fraction of sp³-hybridized carbons (Fsp3) is 0.588. The van der Waals surface area contributed by atoms with E-state index in [1.165, 1.54) is 12.0 Å². The van der Waals surface area contributed by atoms with Crippen molar-refractivity contribution in [3.05, 3.63) is 24.3 Å². The van der Waals surface area contributed by atoms with E-state index in [-0.39, 0.29) is 36.9 Å². The smallest absolute Gasteiger partial charge is 0.410 e. The number of ether oxygens (including phenoxy) is 2. The predicted molar refractivity (Wildman–Crippen MR) is 99.6 cm³/mol. The van der Waals surface area contributed by atoms with Gasteiger partial charge in [0.1, 0.15) is 16.7 Å². The Balaban J connectivity index is 2.15. The average molecular weight is 448 g/mol. The molecule has 1 aliphatic heterocycles. The first-order valence-electron chi connectivity index (χ1n) is 8.71. The highest BCUT2D eigenvalue weighted by Crippen LogP contribution is 3.02. The summed E-state index contributed by atoms with van der Waals surface area (Å²) in [5.74, 6) is 0. The lowest BCUT2D eigenvalue weighted by molar-refractivity contribution is 0.00804. The molecule has 0 spiro atoms. The van der Waals surface area contributed by atoms with Crippen LogP contribution in [0.5, 0.6) is 0 Å². The second-order valence-corrected chi connectivity index (χ2v) is 10.3. The molecule has 3 atom stereocenters. The number of anilines is 1. The minimum atomic E-state index is -9.77. The van der Waals surface area contributed by atoms with E-state index in [4.69, 9.17) is 9.47 Å². The molecular formula is C17H25F5N2O4S. The minimum Gasteiger partial charge on any atom is -0.444 e. The van der Waals surface area contributed by atoms with Gasteiger partial charge < -0.3 is 19.9 Å². The number of amides is 1. The maximum absolute atomic E-state index is 12.8. The molecule has 12 heteroatoms. The maximum atomic E-state index is 12.8. The van der Waals surface area contributed by atoms with Crippen molar-refractivity contribution in [1.29, 1.82) is 0 Å². The van der Waals surface area contributed by atoms with Crippen LogP contribution >= 0.6 is 10.2 Å². The Morgan fingerprint density at radius 2 is 1.76 bits per heavy atom. The Bertz CT molecular complexity index is 752. The molecule has 1 aliphatic rings. The van der Waals surface area contributed by atoms with Crippen LogP contribution in [-0.4, -0.2) is 53.7 Å². The standard InChI is InChI=1S/C17H25F5N2O4S/c1-17(2,3)28-16(26)24-10-12(27-4)9-14(24)15(25)23-11-5-7-13(8-6-11)29(18,19,20,21)22/h5-8,12,14-15,23,25H,9-10H2,1-4H3/t12-,14-,15?/m1/s1. The Morgan fingerprint density at radius 3 is 2.21 bits per heavy atom. The first-order valence-corrected chi connectivity index (χ1v) is 10.7. The summed E-state index contributed by atoms with van der Waals surface area (Å²) in [4.78, 5) is 11.7. The summed E-state index contributed by atoms with van der Waals surface area (Å²) in [5.41, 5.74) is -0.792. The van der Waals surface area contributed by atoms with Gasteiger partial charge in [-0.3, -0.25) is 4.90 Å². The van der Waals surface area contributed by atoms with E-state index in [0.29, 0.717) is 0 Å². The Kier molecular flexibility index (Phi) is 5.57. The van der Waals surface area contributed by atoms with Crippen LogP contribution in [0, 0.1) is 0 Å². The van der Waals surface area contributed by atoms with Gasteiger partial charge in [-0.05, 0) is 45.0 Å². The number of hydrogen-bond acceptors (Lipinski definition) is 5. The molecule has 1 saturated heterocycles. The molecule has 6 nitrogen and oxygen atoms in total. The molecular weight excluding hydrogens is 423 g/mol. The van der Waals surface area contributed by atoms with Crippen molar-refractivity contribution in [3.63, 3.8) is 0 Å². The molecule has 2 N–H and O–H groups in total. The number of hydrogen-bond donors (Lipinski definition) is 2. The van der Waals surface area contributed by atoms with Gasteiger partial charge >= 0.3 is 16.3 Å². The molecule has 1 unspecified atom stereocenters. The molecule has 29 heavy (non-hydrogen) atoms. The molecule has 0 radical (unpaired) electrons. The van der Waals surface area contributed by atoms with Gasteiger partial charge in [-0.15, -0.1) is 0 Å². The highest BCUT2D eigenvalue weighted by Gasteiger charge is 2.65. The SMILES string of the molecule is CO[C@@H]1C[C@H](C(O)Nc2ccc(S(F)(F)(F)(F)F)cc2)N(C(=O)OC(C)(C)C)C1. The molecule has 1 aromatic rings. The predicted octanol–water partition coefficient (Wildman–Crippen LogP) is 5.10. The van der Waals surface area contributed by atoms with Crippen LogP contribution in [0.4, 0.5) is 29.9 Å². The van der Waals surface area contributed by atoms with Crippen LogP contribution in [0.25, 0.3) is 0 Å². The monoisotopic (exact) mass is 448 g/mol. The number of aliphatic hydroxyl groups is 1. The van der Waals surface area contributed by atoms with Crippen LogP contribution in [0.2, 0.25) is 0 Å². The number of halogens is 5. The molecule has 1 heterocycles. The first-order chi connectivity index (χ1) is 12.9. The topological polar surface area (TPSA) is 71.0 Å². The number of aliphatic hydroxyl groups excluding tert-OH is 1. The van der Waals surface area contributed by atoms with Crippen molar-refractivity contribution in [2.24, 2.45) is 0 Å². The number of methoxy groups -OCH3 is 1. The van der Waals surface area contributed by atoms with Gasteiger partial charge in [-0.25, -0.2) is 4.79 Å². The summed E-state index contributed by atoms with van der Waals surface area (Å²) in [7, 11) is -8.33. The largest absolute Gasteiger partial charge is 0.444 e. The van der Waals surface area contributed by atoms with Gasteiger partial charge in [-0.1, -0.05) is 19.4 Å². The Hall–Kier alpha value is -1.79. The number of likely N-dealkylation sites (tertiary alicyclic amines) is 1. The molecule has 0 saturated carbocycles. The van der Waals surface area contributed by atoms with Crippen LogP contribution in [-0.2, 0) is 9.47 Å². The quantitative estimate of drug-likeness (QED) is 0.485. The second-order valence-electron chi connectivity index (χ2n) is 7.88. The summed E-state index contributed by atoms with van der Waals surface area (Å²) in [6.45, 7) is 5.19. The van der Waals surface area contributed by atoms with Crippen molar-refractivity contribution in [3.8, 4) is 0 Å². The summed E-state index contributed by atoms with van der Waals surface area (Å²) in [6, 6.07) is 1.27. The number of rotatable bonds is 5. The van der Waals surface area contributed by atoms with E-state index >= 15 is 0 Å². The highest BCUT2D eigenvalue weighted by molar-refractivity contribution is 8.45. The van der Waals surface area contributed by atoms with Crippen LogP contribution in [0.3, 0.4) is 0 Å². The molecule has 168 valence electrons. The maximum Gasteiger partial charge on any atom is 0.410 e. The molecule has 0 aliphatic carbocycles. The van der Waals surface area contributed by atoms with Crippen LogP contribution < -0.4 is 5.32 Å². The average Bonchev–Trinajstić information content (AvgIpc) is 2.96. The zero-order valence-electron chi connectivity index (χ0n) is 16.4. The number of carbonyl (C=O) groups is 1. The van der Waals surface area contributed by atoms with Crippen molar-refractivity contribution >= 4 is 22.0 Å². The lowest BCUT2D eigenvalue weighted by Gasteiger charge is -2.40. The molecule has 1 aromatic carbocycles. The van der Waals surface area contributed by atoms with Gasteiger partial charge in [0, 0.05) is 19.2 Å². The first kappa shape index (κ1) is 23.5. The molecule has 0 bridgehead atoms. The third-order valence-corrected chi connectivity index (χ3v) is 5.41. The number of benzene rings is 1. The van der Waals surface area contributed by atoms with Gasteiger partial charge in [-0.2, -0.15) is 0 Å². The molecule has 1 amide bonds. The normalized spacial score (nSPS) is 23.9. The van der Waals surface area contributed by atoms with Gasteiger partial charge in [0.15, 0.2) is 0 Å². The van der Waals surface area contributed by atoms with E-state index in [2.05, 4.69) is 5.32 Å². The van der Waals surface area contributed by atoms with Gasteiger partial charge in [0.2, 0.25) is 0 Å². The minimum absolute atomic E-state index is 0.0203. The molecule has 2 rings (SSSR count). The Labute approximate surface area is 165 Å². The Morgan fingerprint density at radius 1 is 1.21 bits per heavy atom. The summed E-state index contributed by atoms with van der Waals surface area (Å²) >= 11 is 0. The van der Waals surface area contributed by atoms with E-state index < -0.39 is 39.1 Å². The van der Waals surface area contributed by atoms with E-state index in [1.807, 2.05) is 0 Å². The number of nitrogens with zero attached hydrogens (tertiary/aromatic N) is 1. The second kappa shape index (κ2) is 6.88. The van der Waals surface area contributed by atoms with E-state index in [9.17, 15) is 29.3 Å². The molecule has 1 fully saturated rings. The summed E-state index contributed by atoms with van der Waals surface area (Å²) < 4.78 is 74.6. The highest BCUT2D eigenvalue weighted by atomic mass is 32.5. The van der Waals surface area contributed by atoms with E-state index in [1.54, 1.807) is 20.8 Å². The molecule has 0 aromatic heterocycles. The summed E-state index contributed by atoms with van der Waals surface area (Å²) in [5, 5.41) is 13.0. The van der Waals surface area contributed by atoms with Crippen molar-refractivity contribution in [1.82, 2.24) is 4.90 Å².